The maximum atomic E-state index is 10.6. The highest BCUT2D eigenvalue weighted by Crippen LogP contribution is 1.94. The molecule has 0 atom stereocenters. The Morgan fingerprint density at radius 2 is 0.840 bits per heavy atom. The van der Waals surface area contributed by atoms with Gasteiger partial charge in [-0.1, -0.05) is 0 Å². The minimum absolute atomic E-state index is 0.0703. The molecule has 25 heavy (non-hydrogen) atoms. The lowest BCUT2D eigenvalue weighted by Gasteiger charge is -2.23. The first kappa shape index (κ1) is 25.3. The first-order valence-corrected chi connectivity index (χ1v) is 8.62. The van der Waals surface area contributed by atoms with Gasteiger partial charge in [0.1, 0.15) is 0 Å². The second-order valence-corrected chi connectivity index (χ2v) is 6.64. The Hall–Kier alpha value is -1.91. The molecule has 15 heteroatoms. The van der Waals surface area contributed by atoms with E-state index in [0.29, 0.717) is 0 Å². The number of hydrogen-bond acceptors (Lipinski definition) is 8. The fourth-order valence-electron chi connectivity index (χ4n) is 1.48. The minimum Gasteiger partial charge on any atom is -0.480 e. The molecule has 0 heterocycles. The van der Waals surface area contributed by atoms with Crippen molar-refractivity contribution in [1.29, 1.82) is 0 Å². The third-order valence-electron chi connectivity index (χ3n) is 2.17. The van der Waals surface area contributed by atoms with Crippen LogP contribution in [0.3, 0.4) is 0 Å². The van der Waals surface area contributed by atoms with Crippen LogP contribution in [-0.4, -0.2) is 107 Å². The third-order valence-corrected chi connectivity index (χ3v) is 2.17. The standard InChI is InChI=1S/C10H16N2O8.H2O3S2/c13-7(14)3-11(4-8(15)16)1-2-12(5-9(17)18)6-10(19)20;1-5(2,3)4/h1-6H2,(H,13,14)(H,15,16)(H,17,18)(H,19,20);(H2,1,2,3,4). The lowest BCUT2D eigenvalue weighted by atomic mass is 10.4. The molecule has 0 saturated carbocycles. The number of rotatable bonds is 11. The second-order valence-electron chi connectivity index (χ2n) is 4.44. The topological polar surface area (TPSA) is 213 Å². The van der Waals surface area contributed by atoms with Crippen LogP contribution >= 0.6 is 0 Å². The summed E-state index contributed by atoms with van der Waals surface area (Å²) in [5.74, 6) is -4.91. The van der Waals surface area contributed by atoms with Crippen LogP contribution in [0.25, 0.3) is 0 Å². The SMILES string of the molecule is O=C(O)CN(CCN(CC(=O)O)CC(=O)O)CC(=O)O.O=S(O)(O)=S. The zero-order valence-electron chi connectivity index (χ0n) is 12.7. The molecule has 0 aromatic carbocycles. The molecule has 0 aliphatic rings. The molecule has 0 aromatic heterocycles. The Bertz CT molecular complexity index is 501. The maximum Gasteiger partial charge on any atom is 0.317 e. The molecule has 0 spiro atoms. The number of carbonyl (C=O) groups is 4. The predicted molar refractivity (Wildman–Crippen MR) is 84.2 cm³/mol. The molecule has 0 aliphatic heterocycles. The zero-order chi connectivity index (χ0) is 20.2. The zero-order valence-corrected chi connectivity index (χ0v) is 14.3. The van der Waals surface area contributed by atoms with Crippen molar-refractivity contribution < 1.29 is 52.9 Å². The Kier molecular flexibility index (Phi) is 12.6. The van der Waals surface area contributed by atoms with Crippen LogP contribution in [0.15, 0.2) is 0 Å². The highest BCUT2D eigenvalue weighted by Gasteiger charge is 2.17. The number of aliphatic carboxylic acids is 4. The average Bonchev–Trinajstić information content (AvgIpc) is 2.30. The van der Waals surface area contributed by atoms with Crippen LogP contribution in [0.1, 0.15) is 0 Å². The summed E-state index contributed by atoms with van der Waals surface area (Å²) in [4.78, 5) is 44.4. The van der Waals surface area contributed by atoms with E-state index in [1.165, 1.54) is 0 Å². The van der Waals surface area contributed by atoms with E-state index in [1.807, 2.05) is 0 Å². The van der Waals surface area contributed by atoms with E-state index in [9.17, 15) is 19.2 Å². The van der Waals surface area contributed by atoms with Gasteiger partial charge in [-0.3, -0.25) is 38.1 Å². The van der Waals surface area contributed by atoms with E-state index in [4.69, 9.17) is 33.7 Å². The van der Waals surface area contributed by atoms with Gasteiger partial charge in [-0.15, -0.1) is 0 Å². The van der Waals surface area contributed by atoms with Crippen molar-refractivity contribution >= 4 is 44.1 Å². The minimum atomic E-state index is -3.83. The molecule has 6 N–H and O–H groups in total. The van der Waals surface area contributed by atoms with Gasteiger partial charge >= 0.3 is 23.9 Å². The van der Waals surface area contributed by atoms with E-state index < -0.39 is 59.1 Å². The monoisotopic (exact) mass is 406 g/mol. The van der Waals surface area contributed by atoms with Gasteiger partial charge in [0.05, 0.1) is 26.2 Å². The van der Waals surface area contributed by atoms with Gasteiger partial charge in [-0.2, -0.15) is 4.21 Å². The van der Waals surface area contributed by atoms with Gasteiger partial charge in [0.15, 0.2) is 0 Å². The van der Waals surface area contributed by atoms with Crippen LogP contribution < -0.4 is 0 Å². The Balaban J connectivity index is 0. The van der Waals surface area contributed by atoms with Gasteiger partial charge < -0.3 is 20.4 Å². The Morgan fingerprint density at radius 1 is 0.680 bits per heavy atom. The first-order chi connectivity index (χ1) is 11.2. The normalized spacial score (nSPS) is 10.9. The summed E-state index contributed by atoms with van der Waals surface area (Å²) in [6, 6.07) is 0. The number of carboxylic acids is 4. The molecule has 0 aromatic rings. The molecule has 0 rings (SSSR count). The fourth-order valence-corrected chi connectivity index (χ4v) is 1.48. The molecular weight excluding hydrogens is 388 g/mol. The molecular formula is C10H18N2O11S2. The van der Waals surface area contributed by atoms with Crippen molar-refractivity contribution in [1.82, 2.24) is 9.80 Å². The van der Waals surface area contributed by atoms with Gasteiger partial charge in [0.25, 0.3) is 9.05 Å². The average molecular weight is 406 g/mol. The maximum absolute atomic E-state index is 10.6. The highest BCUT2D eigenvalue weighted by atomic mass is 32.9. The summed E-state index contributed by atoms with van der Waals surface area (Å²) in [7, 11) is -3.83. The molecule has 146 valence electrons. The van der Waals surface area contributed by atoms with Crippen molar-refractivity contribution in [2.24, 2.45) is 0 Å². The van der Waals surface area contributed by atoms with Crippen molar-refractivity contribution in [2.45, 2.75) is 0 Å². The Morgan fingerprint density at radius 3 is 0.960 bits per heavy atom. The van der Waals surface area contributed by atoms with Crippen LogP contribution in [0.4, 0.5) is 0 Å². The van der Waals surface area contributed by atoms with Crippen LogP contribution in [0, 0.1) is 0 Å². The lowest BCUT2D eigenvalue weighted by molar-refractivity contribution is -0.145. The molecule has 0 fully saturated rings. The molecule has 0 aliphatic carbocycles. The van der Waals surface area contributed by atoms with Gasteiger partial charge in [-0.25, -0.2) is 0 Å². The summed E-state index contributed by atoms with van der Waals surface area (Å²) in [5.41, 5.74) is 0. The summed E-state index contributed by atoms with van der Waals surface area (Å²) < 4.78 is 24.0. The summed E-state index contributed by atoms with van der Waals surface area (Å²) in [6.45, 7) is -2.25. The largest absolute Gasteiger partial charge is 0.480 e. The number of nitrogens with zero attached hydrogens (tertiary/aromatic N) is 2. The molecule has 0 saturated heterocycles. The number of hydrogen-bond donors (Lipinski definition) is 6. The van der Waals surface area contributed by atoms with Gasteiger partial charge in [-0.05, 0) is 0 Å². The number of carboxylic acid groups (broad SMARTS) is 4. The molecule has 13 nitrogen and oxygen atoms in total. The summed E-state index contributed by atoms with van der Waals surface area (Å²) >= 11 is 3.47. The van der Waals surface area contributed by atoms with Gasteiger partial charge in [0.2, 0.25) is 0 Å². The molecule has 0 bridgehead atoms. The van der Waals surface area contributed by atoms with E-state index in [-0.39, 0.29) is 13.1 Å². The van der Waals surface area contributed by atoms with Crippen LogP contribution in [0.2, 0.25) is 0 Å². The van der Waals surface area contributed by atoms with E-state index >= 15 is 0 Å². The van der Waals surface area contributed by atoms with Crippen molar-refractivity contribution in [2.75, 3.05) is 39.3 Å². The van der Waals surface area contributed by atoms with Crippen LogP contribution in [0.5, 0.6) is 0 Å². The van der Waals surface area contributed by atoms with Crippen molar-refractivity contribution in [3.05, 3.63) is 0 Å². The van der Waals surface area contributed by atoms with Gasteiger partial charge in [0, 0.05) is 24.3 Å². The highest BCUT2D eigenvalue weighted by molar-refractivity contribution is 8.26. The second kappa shape index (κ2) is 12.5. The van der Waals surface area contributed by atoms with Crippen LogP contribution in [-0.2, 0) is 39.4 Å². The smallest absolute Gasteiger partial charge is 0.317 e. The third kappa shape index (κ3) is 24.5. The lowest BCUT2D eigenvalue weighted by Crippen LogP contribution is -2.43. The van der Waals surface area contributed by atoms with Crippen molar-refractivity contribution in [3.8, 4) is 0 Å². The van der Waals surface area contributed by atoms with E-state index in [0.717, 1.165) is 9.80 Å². The van der Waals surface area contributed by atoms with Crippen molar-refractivity contribution in [3.63, 3.8) is 0 Å². The van der Waals surface area contributed by atoms with E-state index in [2.05, 4.69) is 11.2 Å². The predicted octanol–water partition coefficient (Wildman–Crippen LogP) is -2.39. The first-order valence-electron chi connectivity index (χ1n) is 6.22. The van der Waals surface area contributed by atoms with E-state index in [1.54, 1.807) is 0 Å². The molecule has 0 radical (unpaired) electrons. The summed E-state index contributed by atoms with van der Waals surface area (Å²) in [6.07, 6.45) is 0. The quantitative estimate of drug-likeness (QED) is 0.211. The summed E-state index contributed by atoms with van der Waals surface area (Å²) in [5, 5.41) is 34.5. The molecule has 0 unspecified atom stereocenters. The fraction of sp³-hybridized carbons (Fsp3) is 0.600. The molecule has 0 amide bonds. The Labute approximate surface area is 146 Å².